The molecule has 0 aliphatic carbocycles. The summed E-state index contributed by atoms with van der Waals surface area (Å²) in [5, 5.41) is 8.75. The number of carboxylic acid groups (broad SMARTS) is 1. The minimum absolute atomic E-state index is 0.103. The summed E-state index contributed by atoms with van der Waals surface area (Å²) < 4.78 is 5.28. The molecule has 0 aromatic heterocycles. The predicted molar refractivity (Wildman–Crippen MR) is 88.4 cm³/mol. The molecule has 1 aromatic carbocycles. The Balaban J connectivity index is 2.72. The average Bonchev–Trinajstić information content (AvgIpc) is 2.49. The van der Waals surface area contributed by atoms with Crippen molar-refractivity contribution in [2.45, 2.75) is 32.9 Å². The molecule has 1 aromatic rings. The van der Waals surface area contributed by atoms with Gasteiger partial charge in [-0.1, -0.05) is 30.3 Å². The lowest BCUT2D eigenvalue weighted by Crippen LogP contribution is -2.51. The third-order valence-corrected chi connectivity index (χ3v) is 3.33. The van der Waals surface area contributed by atoms with Crippen LogP contribution in [0.1, 0.15) is 26.3 Å². The molecule has 2 amide bonds. The Bertz CT molecular complexity index is 580. The number of hydrogen-bond acceptors (Lipinski definition) is 4. The first kappa shape index (κ1) is 19.5. The van der Waals surface area contributed by atoms with Crippen LogP contribution in [-0.4, -0.2) is 58.6 Å². The van der Waals surface area contributed by atoms with Gasteiger partial charge in [-0.25, -0.2) is 4.79 Å². The van der Waals surface area contributed by atoms with E-state index in [0.29, 0.717) is 0 Å². The number of likely N-dealkylation sites (N-methyl/N-ethyl adjacent to an activating group) is 1. The Morgan fingerprint density at radius 2 is 1.67 bits per heavy atom. The van der Waals surface area contributed by atoms with Gasteiger partial charge >= 0.3 is 12.1 Å². The molecule has 0 saturated carbocycles. The van der Waals surface area contributed by atoms with Gasteiger partial charge in [-0.05, 0) is 26.3 Å². The molecule has 7 nitrogen and oxygen atoms in total. The third kappa shape index (κ3) is 6.28. The first-order valence-corrected chi connectivity index (χ1v) is 7.55. The van der Waals surface area contributed by atoms with Gasteiger partial charge in [0.2, 0.25) is 5.91 Å². The summed E-state index contributed by atoms with van der Waals surface area (Å²) in [5.74, 6) is -1.58. The van der Waals surface area contributed by atoms with Crippen LogP contribution in [0.3, 0.4) is 0 Å². The minimum Gasteiger partial charge on any atom is -0.480 e. The SMILES string of the molecule is CN(CC(=O)O)C(=O)CN(C(=O)OCc1ccccc1)C(C)(C)C. The van der Waals surface area contributed by atoms with E-state index in [1.807, 2.05) is 30.3 Å². The maximum atomic E-state index is 12.4. The molecular weight excluding hydrogens is 312 g/mol. The van der Waals surface area contributed by atoms with Crippen molar-refractivity contribution in [2.75, 3.05) is 20.1 Å². The summed E-state index contributed by atoms with van der Waals surface area (Å²) in [6.45, 7) is 4.77. The van der Waals surface area contributed by atoms with Crippen molar-refractivity contribution in [3.05, 3.63) is 35.9 Å². The van der Waals surface area contributed by atoms with E-state index in [-0.39, 0.29) is 13.2 Å². The third-order valence-electron chi connectivity index (χ3n) is 3.33. The van der Waals surface area contributed by atoms with Gasteiger partial charge in [0.05, 0.1) is 0 Å². The fourth-order valence-electron chi connectivity index (χ4n) is 1.92. The number of carbonyl (C=O) groups is 3. The monoisotopic (exact) mass is 336 g/mol. The molecule has 0 heterocycles. The highest BCUT2D eigenvalue weighted by Gasteiger charge is 2.31. The van der Waals surface area contributed by atoms with Gasteiger partial charge in [-0.3, -0.25) is 14.5 Å². The predicted octanol–water partition coefficient (Wildman–Crippen LogP) is 1.97. The summed E-state index contributed by atoms with van der Waals surface area (Å²) in [6, 6.07) is 9.22. The number of nitrogens with zero attached hydrogens (tertiary/aromatic N) is 2. The number of amides is 2. The smallest absolute Gasteiger partial charge is 0.411 e. The summed E-state index contributed by atoms with van der Waals surface area (Å²) in [7, 11) is 1.38. The second-order valence-corrected chi connectivity index (χ2v) is 6.44. The van der Waals surface area contributed by atoms with E-state index in [1.54, 1.807) is 20.8 Å². The van der Waals surface area contributed by atoms with Crippen LogP contribution in [0.2, 0.25) is 0 Å². The number of benzene rings is 1. The normalized spacial score (nSPS) is 10.8. The maximum Gasteiger partial charge on any atom is 0.411 e. The van der Waals surface area contributed by atoms with Crippen molar-refractivity contribution < 1.29 is 24.2 Å². The van der Waals surface area contributed by atoms with E-state index < -0.39 is 30.1 Å². The molecule has 0 unspecified atom stereocenters. The number of hydrogen-bond donors (Lipinski definition) is 1. The quantitative estimate of drug-likeness (QED) is 0.858. The van der Waals surface area contributed by atoms with Gasteiger partial charge < -0.3 is 14.7 Å². The lowest BCUT2D eigenvalue weighted by molar-refractivity contribution is -0.144. The fourth-order valence-corrected chi connectivity index (χ4v) is 1.92. The molecule has 1 N–H and O–H groups in total. The second kappa shape index (κ2) is 8.33. The number of carboxylic acids is 1. The lowest BCUT2D eigenvalue weighted by atomic mass is 10.1. The zero-order valence-electron chi connectivity index (χ0n) is 14.5. The Hall–Kier alpha value is -2.57. The van der Waals surface area contributed by atoms with E-state index in [0.717, 1.165) is 10.5 Å². The molecule has 24 heavy (non-hydrogen) atoms. The highest BCUT2D eigenvalue weighted by molar-refractivity contribution is 5.85. The number of ether oxygens (including phenoxy) is 1. The molecule has 1 rings (SSSR count). The van der Waals surface area contributed by atoms with E-state index >= 15 is 0 Å². The van der Waals surface area contributed by atoms with Crippen molar-refractivity contribution in [1.29, 1.82) is 0 Å². The van der Waals surface area contributed by atoms with Gasteiger partial charge in [0.1, 0.15) is 19.7 Å². The van der Waals surface area contributed by atoms with Gasteiger partial charge in [-0.15, -0.1) is 0 Å². The molecule has 0 atom stereocenters. The van der Waals surface area contributed by atoms with E-state index in [1.165, 1.54) is 11.9 Å². The van der Waals surface area contributed by atoms with E-state index in [4.69, 9.17) is 9.84 Å². The van der Waals surface area contributed by atoms with Crippen molar-refractivity contribution in [3.8, 4) is 0 Å². The van der Waals surface area contributed by atoms with Crippen LogP contribution in [0.5, 0.6) is 0 Å². The second-order valence-electron chi connectivity index (χ2n) is 6.44. The highest BCUT2D eigenvalue weighted by atomic mass is 16.6. The largest absolute Gasteiger partial charge is 0.480 e. The number of carbonyl (C=O) groups excluding carboxylic acids is 2. The first-order valence-electron chi connectivity index (χ1n) is 7.55. The molecule has 0 fully saturated rings. The molecule has 7 heteroatoms. The molecule has 132 valence electrons. The van der Waals surface area contributed by atoms with Gasteiger partial charge in [0.25, 0.3) is 0 Å². The zero-order valence-corrected chi connectivity index (χ0v) is 14.5. The topological polar surface area (TPSA) is 87.2 Å². The summed E-state index contributed by atoms with van der Waals surface area (Å²) in [4.78, 5) is 37.5. The lowest BCUT2D eigenvalue weighted by Gasteiger charge is -2.35. The number of aliphatic carboxylic acids is 1. The van der Waals surface area contributed by atoms with Crippen molar-refractivity contribution in [3.63, 3.8) is 0 Å². The van der Waals surface area contributed by atoms with E-state index in [2.05, 4.69) is 0 Å². The van der Waals surface area contributed by atoms with Crippen molar-refractivity contribution >= 4 is 18.0 Å². The molecule has 0 bridgehead atoms. The summed E-state index contributed by atoms with van der Waals surface area (Å²) in [6.07, 6.45) is -0.622. The van der Waals surface area contributed by atoms with Gasteiger partial charge in [0.15, 0.2) is 0 Å². The van der Waals surface area contributed by atoms with Gasteiger partial charge in [0, 0.05) is 12.6 Å². The molecule has 0 saturated heterocycles. The Labute approximate surface area is 141 Å². The van der Waals surface area contributed by atoms with Crippen LogP contribution in [0.15, 0.2) is 30.3 Å². The number of rotatable bonds is 6. The average molecular weight is 336 g/mol. The van der Waals surface area contributed by atoms with Crippen LogP contribution >= 0.6 is 0 Å². The summed E-state index contributed by atoms with van der Waals surface area (Å²) >= 11 is 0. The van der Waals surface area contributed by atoms with Gasteiger partial charge in [-0.2, -0.15) is 0 Å². The zero-order chi connectivity index (χ0) is 18.3. The fraction of sp³-hybridized carbons (Fsp3) is 0.471. The molecule has 0 radical (unpaired) electrons. The minimum atomic E-state index is -1.11. The van der Waals surface area contributed by atoms with E-state index in [9.17, 15) is 14.4 Å². The Morgan fingerprint density at radius 3 is 2.17 bits per heavy atom. The standard InChI is InChI=1S/C17H24N2O5/c1-17(2,3)19(10-14(20)18(4)11-15(21)22)16(23)24-12-13-8-6-5-7-9-13/h5-9H,10-12H2,1-4H3,(H,21,22). The van der Waals surface area contributed by atoms with Crippen molar-refractivity contribution in [2.24, 2.45) is 0 Å². The molecule has 0 spiro atoms. The molecule has 0 aliphatic heterocycles. The molecule has 0 aliphatic rings. The van der Waals surface area contributed by atoms with Crippen LogP contribution in [-0.2, 0) is 20.9 Å². The first-order chi connectivity index (χ1) is 11.1. The summed E-state index contributed by atoms with van der Waals surface area (Å²) in [5.41, 5.74) is 0.196. The Morgan fingerprint density at radius 1 is 1.08 bits per heavy atom. The van der Waals surface area contributed by atoms with Crippen LogP contribution in [0.4, 0.5) is 4.79 Å². The van der Waals surface area contributed by atoms with Crippen LogP contribution in [0, 0.1) is 0 Å². The molecular formula is C17H24N2O5. The van der Waals surface area contributed by atoms with Crippen LogP contribution in [0.25, 0.3) is 0 Å². The highest BCUT2D eigenvalue weighted by Crippen LogP contribution is 2.16. The maximum absolute atomic E-state index is 12.4. The Kier molecular flexibility index (Phi) is 6.76. The van der Waals surface area contributed by atoms with Crippen LogP contribution < -0.4 is 0 Å². The van der Waals surface area contributed by atoms with Crippen molar-refractivity contribution in [1.82, 2.24) is 9.80 Å².